The second-order valence-electron chi connectivity index (χ2n) is 6.71. The predicted molar refractivity (Wildman–Crippen MR) is 123 cm³/mol. The van der Waals surface area contributed by atoms with Crippen LogP contribution in [0.3, 0.4) is 0 Å². The zero-order valence-corrected chi connectivity index (χ0v) is 19.2. The van der Waals surface area contributed by atoms with Crippen LogP contribution in [0, 0.1) is 0 Å². The minimum absolute atomic E-state index is 0.0470. The standard InChI is InChI=1S/C23H21Cl2NO6/c1-4-32-23(29)18(28)10-17(27)15-12-26(11-13-5-6-14(24)9-16(13)25)22-20(31-3)8-7-19(30-2)21(15)22/h5-10,12,27H,4,11H2,1-3H3/b17-10-. The number of carbonyl (C=O) groups excluding carboxylic acids is 2. The summed E-state index contributed by atoms with van der Waals surface area (Å²) < 4.78 is 17.5. The van der Waals surface area contributed by atoms with E-state index in [1.165, 1.54) is 14.2 Å². The lowest BCUT2D eigenvalue weighted by molar-refractivity contribution is -0.151. The van der Waals surface area contributed by atoms with Gasteiger partial charge in [-0.25, -0.2) is 4.79 Å². The fraction of sp³-hybridized carbons (Fsp3) is 0.217. The monoisotopic (exact) mass is 477 g/mol. The van der Waals surface area contributed by atoms with Gasteiger partial charge < -0.3 is 23.9 Å². The second kappa shape index (κ2) is 9.97. The van der Waals surface area contributed by atoms with Crippen molar-refractivity contribution in [3.05, 3.63) is 63.8 Å². The summed E-state index contributed by atoms with van der Waals surface area (Å²) in [6.45, 7) is 1.95. The first-order valence-corrected chi connectivity index (χ1v) is 10.4. The van der Waals surface area contributed by atoms with Gasteiger partial charge in [-0.1, -0.05) is 29.3 Å². The van der Waals surface area contributed by atoms with E-state index in [1.54, 1.807) is 48.0 Å². The average Bonchev–Trinajstić information content (AvgIpc) is 3.15. The van der Waals surface area contributed by atoms with Gasteiger partial charge in [0, 0.05) is 34.4 Å². The van der Waals surface area contributed by atoms with Crippen LogP contribution < -0.4 is 9.47 Å². The number of hydrogen-bond acceptors (Lipinski definition) is 6. The normalized spacial score (nSPS) is 11.5. The van der Waals surface area contributed by atoms with Crippen LogP contribution in [0.1, 0.15) is 18.1 Å². The number of esters is 1. The molecule has 7 nitrogen and oxygen atoms in total. The highest BCUT2D eigenvalue weighted by molar-refractivity contribution is 6.39. The van der Waals surface area contributed by atoms with Crippen molar-refractivity contribution < 1.29 is 28.9 Å². The van der Waals surface area contributed by atoms with Gasteiger partial charge in [-0.15, -0.1) is 0 Å². The Morgan fingerprint density at radius 2 is 1.78 bits per heavy atom. The van der Waals surface area contributed by atoms with Gasteiger partial charge in [0.2, 0.25) is 0 Å². The van der Waals surface area contributed by atoms with Gasteiger partial charge in [0.25, 0.3) is 5.78 Å². The van der Waals surface area contributed by atoms with Crippen molar-refractivity contribution in [3.63, 3.8) is 0 Å². The van der Waals surface area contributed by atoms with E-state index in [4.69, 9.17) is 37.4 Å². The Kier molecular flexibility index (Phi) is 7.33. The minimum atomic E-state index is -1.06. The van der Waals surface area contributed by atoms with Gasteiger partial charge in [0.05, 0.1) is 31.7 Å². The molecule has 0 radical (unpaired) electrons. The Bertz CT molecular complexity index is 1210. The van der Waals surface area contributed by atoms with Crippen molar-refractivity contribution in [1.82, 2.24) is 4.57 Å². The summed E-state index contributed by atoms with van der Waals surface area (Å²) in [5, 5.41) is 12.2. The van der Waals surface area contributed by atoms with Crippen LogP contribution in [-0.4, -0.2) is 42.3 Å². The van der Waals surface area contributed by atoms with Crippen LogP contribution in [0.2, 0.25) is 10.0 Å². The molecule has 0 fully saturated rings. The zero-order chi connectivity index (χ0) is 23.4. The van der Waals surface area contributed by atoms with Crippen molar-refractivity contribution in [2.45, 2.75) is 13.5 Å². The van der Waals surface area contributed by atoms with Crippen molar-refractivity contribution in [3.8, 4) is 11.5 Å². The molecule has 0 unspecified atom stereocenters. The minimum Gasteiger partial charge on any atom is -0.507 e. The maximum atomic E-state index is 12.1. The Morgan fingerprint density at radius 3 is 2.41 bits per heavy atom. The molecule has 1 aromatic heterocycles. The fourth-order valence-electron chi connectivity index (χ4n) is 3.33. The van der Waals surface area contributed by atoms with Crippen molar-refractivity contribution in [1.29, 1.82) is 0 Å². The number of fused-ring (bicyclic) bond motifs is 1. The summed E-state index contributed by atoms with van der Waals surface area (Å²) in [5.41, 5.74) is 1.66. The fourth-order valence-corrected chi connectivity index (χ4v) is 3.80. The smallest absolute Gasteiger partial charge is 0.379 e. The van der Waals surface area contributed by atoms with Gasteiger partial charge in [-0.3, -0.25) is 4.79 Å². The number of benzene rings is 2. The largest absolute Gasteiger partial charge is 0.507 e. The summed E-state index contributed by atoms with van der Waals surface area (Å²) in [5.74, 6) is -1.49. The summed E-state index contributed by atoms with van der Waals surface area (Å²) in [7, 11) is 3.01. The molecule has 0 saturated heterocycles. The lowest BCUT2D eigenvalue weighted by Crippen LogP contribution is -2.15. The molecule has 9 heteroatoms. The van der Waals surface area contributed by atoms with Gasteiger partial charge >= 0.3 is 5.97 Å². The van der Waals surface area contributed by atoms with Crippen LogP contribution in [-0.2, 0) is 20.9 Å². The molecular weight excluding hydrogens is 457 g/mol. The topological polar surface area (TPSA) is 87.0 Å². The van der Waals surface area contributed by atoms with Crippen molar-refractivity contribution >= 4 is 51.6 Å². The van der Waals surface area contributed by atoms with Crippen LogP contribution in [0.25, 0.3) is 16.7 Å². The molecule has 0 spiro atoms. The second-order valence-corrected chi connectivity index (χ2v) is 7.56. The van der Waals surface area contributed by atoms with Gasteiger partial charge in [-0.05, 0) is 36.8 Å². The summed E-state index contributed by atoms with van der Waals surface area (Å²) >= 11 is 12.4. The third-order valence-corrected chi connectivity index (χ3v) is 5.35. The molecular formula is C23H21Cl2NO6. The number of ketones is 1. The molecule has 0 atom stereocenters. The van der Waals surface area contributed by atoms with Gasteiger partial charge in [-0.2, -0.15) is 0 Å². The number of aromatic nitrogens is 1. The molecule has 3 rings (SSSR count). The molecule has 0 amide bonds. The third-order valence-electron chi connectivity index (χ3n) is 4.76. The first kappa shape index (κ1) is 23.5. The average molecular weight is 478 g/mol. The number of aliphatic hydroxyl groups is 1. The van der Waals surface area contributed by atoms with E-state index in [0.717, 1.165) is 11.6 Å². The van der Waals surface area contributed by atoms with Gasteiger partial charge in [0.1, 0.15) is 17.3 Å². The first-order valence-electron chi connectivity index (χ1n) is 9.60. The van der Waals surface area contributed by atoms with E-state index in [9.17, 15) is 14.7 Å². The molecule has 0 aliphatic rings. The zero-order valence-electron chi connectivity index (χ0n) is 17.6. The SMILES string of the molecule is CCOC(=O)C(=O)/C=C(\O)c1cn(Cc2ccc(Cl)cc2Cl)c2c(OC)ccc(OC)c12. The van der Waals surface area contributed by atoms with Crippen molar-refractivity contribution in [2.75, 3.05) is 20.8 Å². The molecule has 0 aliphatic carbocycles. The highest BCUT2D eigenvalue weighted by Gasteiger charge is 2.22. The van der Waals surface area contributed by atoms with E-state index in [0.29, 0.717) is 39.0 Å². The molecule has 3 aromatic rings. The van der Waals surface area contributed by atoms with E-state index < -0.39 is 17.5 Å². The number of ether oxygens (including phenoxy) is 3. The van der Waals surface area contributed by atoms with E-state index in [-0.39, 0.29) is 12.2 Å². The summed E-state index contributed by atoms with van der Waals surface area (Å²) in [4.78, 5) is 23.8. The molecule has 1 N–H and O–H groups in total. The number of rotatable bonds is 8. The van der Waals surface area contributed by atoms with Crippen LogP contribution in [0.4, 0.5) is 0 Å². The molecule has 0 aliphatic heterocycles. The Morgan fingerprint density at radius 1 is 1.09 bits per heavy atom. The highest BCUT2D eigenvalue weighted by Crippen LogP contribution is 2.40. The van der Waals surface area contributed by atoms with E-state index >= 15 is 0 Å². The number of hydrogen-bond donors (Lipinski definition) is 1. The number of carbonyl (C=O) groups is 2. The molecule has 0 bridgehead atoms. The molecule has 0 saturated carbocycles. The Labute approximate surface area is 194 Å². The highest BCUT2D eigenvalue weighted by atomic mass is 35.5. The van der Waals surface area contributed by atoms with Crippen LogP contribution in [0.15, 0.2) is 42.6 Å². The maximum Gasteiger partial charge on any atom is 0.379 e. The maximum absolute atomic E-state index is 12.1. The van der Waals surface area contributed by atoms with Crippen molar-refractivity contribution in [2.24, 2.45) is 0 Å². The summed E-state index contributed by atoms with van der Waals surface area (Å²) in [6.07, 6.45) is 2.45. The third kappa shape index (κ3) is 4.69. The lowest BCUT2D eigenvalue weighted by Gasteiger charge is -2.12. The number of halogens is 2. The molecule has 32 heavy (non-hydrogen) atoms. The Balaban J connectivity index is 2.20. The first-order chi connectivity index (χ1) is 15.3. The summed E-state index contributed by atoms with van der Waals surface area (Å²) in [6, 6.07) is 8.57. The van der Waals surface area contributed by atoms with Crippen LogP contribution >= 0.6 is 23.2 Å². The number of aliphatic hydroxyl groups excluding tert-OH is 1. The number of methoxy groups -OCH3 is 2. The molecule has 1 heterocycles. The van der Waals surface area contributed by atoms with E-state index in [2.05, 4.69) is 0 Å². The number of nitrogens with zero attached hydrogens (tertiary/aromatic N) is 1. The van der Waals surface area contributed by atoms with Crippen LogP contribution in [0.5, 0.6) is 11.5 Å². The van der Waals surface area contributed by atoms with Gasteiger partial charge in [0.15, 0.2) is 0 Å². The lowest BCUT2D eigenvalue weighted by atomic mass is 10.1. The Hall–Kier alpha value is -3.16. The quantitative estimate of drug-likeness (QED) is 0.211. The predicted octanol–water partition coefficient (Wildman–Crippen LogP) is 5.04. The van der Waals surface area contributed by atoms with E-state index in [1.807, 2.05) is 0 Å². The molecule has 2 aromatic carbocycles. The molecule has 168 valence electrons.